The monoisotopic (exact) mass is 314 g/mol. The van der Waals surface area contributed by atoms with Gasteiger partial charge in [-0.25, -0.2) is 4.79 Å². The summed E-state index contributed by atoms with van der Waals surface area (Å²) in [6, 6.07) is 0. The standard InChI is InChI=1S/C18H34O4/c1-2-3-4-5-6-7-8-9-10-11-12-13-14-22-18(16-20)17(21)15-19/h18,20-21H,2-14,16H2,1H3. The number of ether oxygens (including phenoxy) is 1. The van der Waals surface area contributed by atoms with E-state index in [1.807, 2.05) is 0 Å². The SMILES string of the molecule is CCCCCCCCCCCCCCOC(CO)C(O)=C=O. The predicted molar refractivity (Wildman–Crippen MR) is 89.7 cm³/mol. The van der Waals surface area contributed by atoms with Crippen LogP contribution in [0.1, 0.15) is 84.0 Å². The van der Waals surface area contributed by atoms with Gasteiger partial charge >= 0.3 is 0 Å². The van der Waals surface area contributed by atoms with Crippen LogP contribution in [0.4, 0.5) is 0 Å². The second kappa shape index (κ2) is 16.5. The van der Waals surface area contributed by atoms with E-state index >= 15 is 0 Å². The van der Waals surface area contributed by atoms with E-state index in [1.165, 1.54) is 70.1 Å². The molecule has 0 radical (unpaired) electrons. The number of rotatable bonds is 16. The van der Waals surface area contributed by atoms with E-state index in [0.717, 1.165) is 12.8 Å². The molecule has 22 heavy (non-hydrogen) atoms. The third-order valence-electron chi connectivity index (χ3n) is 3.89. The van der Waals surface area contributed by atoms with Crippen molar-refractivity contribution in [2.75, 3.05) is 13.2 Å². The van der Waals surface area contributed by atoms with Crippen molar-refractivity contribution in [2.45, 2.75) is 90.1 Å². The first-order valence-corrected chi connectivity index (χ1v) is 8.92. The Morgan fingerprint density at radius 3 is 1.77 bits per heavy atom. The maximum Gasteiger partial charge on any atom is 0.208 e. The molecule has 0 rings (SSSR count). The fraction of sp³-hybridized carbons (Fsp3) is 0.889. The van der Waals surface area contributed by atoms with E-state index in [1.54, 1.807) is 0 Å². The average molecular weight is 314 g/mol. The lowest BCUT2D eigenvalue weighted by atomic mass is 10.1. The molecule has 2 N–H and O–H groups in total. The maximum atomic E-state index is 10.2. The van der Waals surface area contributed by atoms with Crippen molar-refractivity contribution < 1.29 is 19.7 Å². The number of hydrogen-bond acceptors (Lipinski definition) is 4. The predicted octanol–water partition coefficient (Wildman–Crippen LogP) is 4.34. The van der Waals surface area contributed by atoms with Gasteiger partial charge in [0.2, 0.25) is 5.76 Å². The zero-order valence-corrected chi connectivity index (χ0v) is 14.2. The summed E-state index contributed by atoms with van der Waals surface area (Å²) >= 11 is 0. The Morgan fingerprint density at radius 1 is 0.909 bits per heavy atom. The van der Waals surface area contributed by atoms with Crippen LogP contribution in [0.2, 0.25) is 0 Å². The highest BCUT2D eigenvalue weighted by Gasteiger charge is 2.13. The van der Waals surface area contributed by atoms with Gasteiger partial charge in [-0.15, -0.1) is 0 Å². The molecule has 0 aromatic heterocycles. The number of aliphatic hydroxyl groups excluding tert-OH is 2. The van der Waals surface area contributed by atoms with Crippen molar-refractivity contribution in [3.8, 4) is 0 Å². The minimum Gasteiger partial charge on any atom is -0.500 e. The van der Waals surface area contributed by atoms with Crippen molar-refractivity contribution in [3.05, 3.63) is 5.76 Å². The van der Waals surface area contributed by atoms with Crippen molar-refractivity contribution in [3.63, 3.8) is 0 Å². The fourth-order valence-electron chi connectivity index (χ4n) is 2.45. The lowest BCUT2D eigenvalue weighted by Crippen LogP contribution is -2.21. The normalized spacial score (nSPS) is 12.1. The summed E-state index contributed by atoms with van der Waals surface area (Å²) in [5, 5.41) is 18.1. The van der Waals surface area contributed by atoms with Gasteiger partial charge in [0.25, 0.3) is 0 Å². The number of unbranched alkanes of at least 4 members (excludes halogenated alkanes) is 11. The van der Waals surface area contributed by atoms with Crippen LogP contribution in [-0.4, -0.2) is 35.5 Å². The van der Waals surface area contributed by atoms with Crippen molar-refractivity contribution in [1.82, 2.24) is 0 Å². The molecule has 0 saturated carbocycles. The summed E-state index contributed by atoms with van der Waals surface area (Å²) in [6.07, 6.45) is 14.4. The summed E-state index contributed by atoms with van der Waals surface area (Å²) in [6.45, 7) is 2.31. The van der Waals surface area contributed by atoms with E-state index < -0.39 is 11.9 Å². The minimum atomic E-state index is -0.912. The van der Waals surface area contributed by atoms with E-state index in [4.69, 9.17) is 14.9 Å². The Bertz CT molecular complexity index is 285. The van der Waals surface area contributed by atoms with E-state index in [9.17, 15) is 4.79 Å². The highest BCUT2D eigenvalue weighted by atomic mass is 16.5. The average Bonchev–Trinajstić information content (AvgIpc) is 2.54. The van der Waals surface area contributed by atoms with Crippen LogP contribution in [-0.2, 0) is 9.53 Å². The number of hydrogen-bond donors (Lipinski definition) is 2. The Labute approximate surface area is 135 Å². The molecule has 0 fully saturated rings. The van der Waals surface area contributed by atoms with E-state index in [0.29, 0.717) is 6.61 Å². The summed E-state index contributed by atoms with van der Waals surface area (Å²) in [7, 11) is 0. The third kappa shape index (κ3) is 12.9. The molecule has 0 bridgehead atoms. The molecule has 0 aliphatic heterocycles. The lowest BCUT2D eigenvalue weighted by Gasteiger charge is -2.12. The zero-order valence-electron chi connectivity index (χ0n) is 14.2. The second-order valence-corrected chi connectivity index (χ2v) is 5.92. The topological polar surface area (TPSA) is 66.8 Å². The van der Waals surface area contributed by atoms with Crippen LogP contribution in [0.3, 0.4) is 0 Å². The third-order valence-corrected chi connectivity index (χ3v) is 3.89. The van der Waals surface area contributed by atoms with Crippen LogP contribution in [0.5, 0.6) is 0 Å². The summed E-state index contributed by atoms with van der Waals surface area (Å²) in [5.41, 5.74) is 0. The van der Waals surface area contributed by atoms with Crippen molar-refractivity contribution >= 4 is 5.94 Å². The highest BCUT2D eigenvalue weighted by Crippen LogP contribution is 2.12. The molecule has 0 saturated heterocycles. The Morgan fingerprint density at radius 2 is 1.36 bits per heavy atom. The first-order chi connectivity index (χ1) is 10.8. The van der Waals surface area contributed by atoms with Gasteiger partial charge < -0.3 is 14.9 Å². The molecule has 0 amide bonds. The molecule has 0 aliphatic carbocycles. The molecule has 0 aromatic carbocycles. The highest BCUT2D eigenvalue weighted by molar-refractivity contribution is 5.50. The summed E-state index contributed by atoms with van der Waals surface area (Å²) in [4.78, 5) is 10.2. The van der Waals surface area contributed by atoms with E-state index in [2.05, 4.69) is 6.92 Å². The summed E-state index contributed by atoms with van der Waals surface area (Å²) in [5.74, 6) is 0.796. The largest absolute Gasteiger partial charge is 0.500 e. The molecule has 0 aliphatic rings. The first-order valence-electron chi connectivity index (χ1n) is 8.92. The van der Waals surface area contributed by atoms with Crippen LogP contribution in [0.25, 0.3) is 0 Å². The molecule has 1 unspecified atom stereocenters. The molecular formula is C18H34O4. The van der Waals surface area contributed by atoms with Gasteiger partial charge in [0.05, 0.1) is 6.61 Å². The van der Waals surface area contributed by atoms with Gasteiger partial charge in [-0.3, -0.25) is 0 Å². The maximum absolute atomic E-state index is 10.2. The van der Waals surface area contributed by atoms with Gasteiger partial charge in [-0.2, -0.15) is 0 Å². The van der Waals surface area contributed by atoms with Crippen LogP contribution >= 0.6 is 0 Å². The number of carbonyl (C=O) groups excluding carboxylic acids is 1. The Kier molecular flexibility index (Phi) is 15.9. The molecule has 0 aromatic rings. The molecule has 1 atom stereocenters. The quantitative estimate of drug-likeness (QED) is 0.253. The van der Waals surface area contributed by atoms with Gasteiger partial charge in [0.15, 0.2) is 5.94 Å². The second-order valence-electron chi connectivity index (χ2n) is 5.92. The molecular weight excluding hydrogens is 280 g/mol. The van der Waals surface area contributed by atoms with Crippen molar-refractivity contribution in [1.29, 1.82) is 0 Å². The van der Waals surface area contributed by atoms with Crippen LogP contribution in [0, 0.1) is 0 Å². The van der Waals surface area contributed by atoms with Gasteiger partial charge in [0, 0.05) is 6.61 Å². The minimum absolute atomic E-state index is 0.390. The summed E-state index contributed by atoms with van der Waals surface area (Å²) < 4.78 is 5.24. The molecule has 0 heterocycles. The van der Waals surface area contributed by atoms with Crippen LogP contribution in [0.15, 0.2) is 5.76 Å². The molecule has 0 spiro atoms. The fourth-order valence-corrected chi connectivity index (χ4v) is 2.45. The lowest BCUT2D eigenvalue weighted by molar-refractivity contribution is 0.0118. The number of aliphatic hydroxyl groups is 2. The van der Waals surface area contributed by atoms with Gasteiger partial charge in [-0.1, -0.05) is 77.6 Å². The molecule has 4 nitrogen and oxygen atoms in total. The Balaban J connectivity index is 3.25. The first kappa shape index (κ1) is 21.2. The molecule has 130 valence electrons. The smallest absolute Gasteiger partial charge is 0.208 e. The molecule has 4 heteroatoms. The van der Waals surface area contributed by atoms with E-state index in [-0.39, 0.29) is 6.61 Å². The van der Waals surface area contributed by atoms with Crippen LogP contribution < -0.4 is 0 Å². The van der Waals surface area contributed by atoms with Crippen molar-refractivity contribution in [2.24, 2.45) is 0 Å². The van der Waals surface area contributed by atoms with Gasteiger partial charge in [0.1, 0.15) is 6.10 Å². The van der Waals surface area contributed by atoms with Gasteiger partial charge in [-0.05, 0) is 6.42 Å². The Hall–Kier alpha value is -0.830. The zero-order chi connectivity index (χ0) is 16.5.